The molecular weight excluding hydrogens is 394 g/mol. The third-order valence-electron chi connectivity index (χ3n) is 4.72. The van der Waals surface area contributed by atoms with E-state index >= 15 is 0 Å². The molecule has 0 fully saturated rings. The van der Waals surface area contributed by atoms with Crippen molar-refractivity contribution in [3.8, 4) is 0 Å². The Balaban J connectivity index is 1.64. The molecule has 1 atom stereocenters. The number of rotatable bonds is 8. The molecule has 2 aromatic carbocycles. The van der Waals surface area contributed by atoms with Crippen molar-refractivity contribution in [1.82, 2.24) is 9.62 Å². The van der Waals surface area contributed by atoms with Crippen LogP contribution in [-0.4, -0.2) is 43.6 Å². The Kier molecular flexibility index (Phi) is 5.81. The van der Waals surface area contributed by atoms with Gasteiger partial charge in [0.1, 0.15) is 6.04 Å². The standard InChI is InChI=1S/C20H21N3O5S/c1-13-8-10-14(11-9-13)29(27,28)22-17(18(21)24)7-4-12-23-19(25)15-5-2-3-6-16(15)20(23)26/h2-3,5-6,8-11,17,22H,4,7,12H2,1H3,(H2,21,24)/t17-/m1/s1. The van der Waals surface area contributed by atoms with Crippen LogP contribution in [0.25, 0.3) is 0 Å². The second kappa shape index (κ2) is 8.14. The molecule has 0 spiro atoms. The summed E-state index contributed by atoms with van der Waals surface area (Å²) in [6, 6.07) is 11.5. The van der Waals surface area contributed by atoms with Crippen LogP contribution in [0.1, 0.15) is 39.1 Å². The molecule has 9 heteroatoms. The number of nitrogens with two attached hydrogens (primary N) is 1. The Labute approximate surface area is 168 Å². The molecule has 1 heterocycles. The zero-order valence-electron chi connectivity index (χ0n) is 15.8. The van der Waals surface area contributed by atoms with Crippen molar-refractivity contribution in [2.45, 2.75) is 30.7 Å². The molecule has 3 rings (SSSR count). The summed E-state index contributed by atoms with van der Waals surface area (Å²) in [4.78, 5) is 37.6. The zero-order valence-corrected chi connectivity index (χ0v) is 16.6. The van der Waals surface area contributed by atoms with Gasteiger partial charge < -0.3 is 5.73 Å². The third-order valence-corrected chi connectivity index (χ3v) is 6.21. The number of hydrogen-bond acceptors (Lipinski definition) is 5. The largest absolute Gasteiger partial charge is 0.368 e. The molecule has 0 bridgehead atoms. The number of aryl methyl sites for hydroxylation is 1. The van der Waals surface area contributed by atoms with Crippen LogP contribution in [0.5, 0.6) is 0 Å². The van der Waals surface area contributed by atoms with E-state index in [1.165, 1.54) is 12.1 Å². The summed E-state index contributed by atoms with van der Waals surface area (Å²) >= 11 is 0. The first-order chi connectivity index (χ1) is 13.7. The molecule has 2 aromatic rings. The van der Waals surface area contributed by atoms with E-state index in [4.69, 9.17) is 5.73 Å². The lowest BCUT2D eigenvalue weighted by Gasteiger charge is -2.18. The number of amides is 3. The van der Waals surface area contributed by atoms with Crippen molar-refractivity contribution < 1.29 is 22.8 Å². The molecule has 0 saturated carbocycles. The number of fused-ring (bicyclic) bond motifs is 1. The normalized spacial score (nSPS) is 14.7. The number of benzene rings is 2. The summed E-state index contributed by atoms with van der Waals surface area (Å²) < 4.78 is 27.3. The molecule has 29 heavy (non-hydrogen) atoms. The van der Waals surface area contributed by atoms with Crippen molar-refractivity contribution in [3.63, 3.8) is 0 Å². The van der Waals surface area contributed by atoms with Crippen LogP contribution in [0.4, 0.5) is 0 Å². The van der Waals surface area contributed by atoms with Crippen LogP contribution < -0.4 is 10.5 Å². The van der Waals surface area contributed by atoms with Crippen molar-refractivity contribution in [1.29, 1.82) is 0 Å². The van der Waals surface area contributed by atoms with Gasteiger partial charge in [-0.1, -0.05) is 29.8 Å². The summed E-state index contributed by atoms with van der Waals surface area (Å²) in [7, 11) is -3.93. The highest BCUT2D eigenvalue weighted by atomic mass is 32.2. The summed E-state index contributed by atoms with van der Waals surface area (Å²) in [6.07, 6.45) is 0.267. The first kappa shape index (κ1) is 20.7. The number of carbonyl (C=O) groups is 3. The molecule has 0 saturated heterocycles. The van der Waals surface area contributed by atoms with Crippen molar-refractivity contribution in [3.05, 3.63) is 65.2 Å². The maximum Gasteiger partial charge on any atom is 0.261 e. The van der Waals surface area contributed by atoms with E-state index in [1.807, 2.05) is 6.92 Å². The Bertz CT molecular complexity index is 1030. The molecule has 1 aliphatic rings. The molecule has 0 aliphatic carbocycles. The fraction of sp³-hybridized carbons (Fsp3) is 0.250. The topological polar surface area (TPSA) is 127 Å². The number of imide groups is 1. The summed E-state index contributed by atoms with van der Waals surface area (Å²) in [5.41, 5.74) is 6.92. The summed E-state index contributed by atoms with van der Waals surface area (Å²) in [6.45, 7) is 1.89. The van der Waals surface area contributed by atoms with Gasteiger partial charge in [-0.2, -0.15) is 4.72 Å². The minimum absolute atomic E-state index is 0.0229. The van der Waals surface area contributed by atoms with Gasteiger partial charge in [-0.25, -0.2) is 8.42 Å². The highest BCUT2D eigenvalue weighted by Crippen LogP contribution is 2.23. The van der Waals surface area contributed by atoms with Gasteiger partial charge in [0, 0.05) is 6.54 Å². The molecule has 3 amide bonds. The van der Waals surface area contributed by atoms with Gasteiger partial charge >= 0.3 is 0 Å². The van der Waals surface area contributed by atoms with Gasteiger partial charge in [-0.3, -0.25) is 19.3 Å². The molecule has 0 aromatic heterocycles. The number of nitrogens with zero attached hydrogens (tertiary/aromatic N) is 1. The quantitative estimate of drug-likeness (QED) is 0.627. The Morgan fingerprint density at radius 3 is 2.10 bits per heavy atom. The van der Waals surface area contributed by atoms with E-state index in [9.17, 15) is 22.8 Å². The Morgan fingerprint density at radius 2 is 1.59 bits per heavy atom. The van der Waals surface area contributed by atoms with E-state index in [2.05, 4.69) is 4.72 Å². The predicted molar refractivity (Wildman–Crippen MR) is 106 cm³/mol. The van der Waals surface area contributed by atoms with Gasteiger partial charge in [-0.15, -0.1) is 0 Å². The van der Waals surface area contributed by atoms with Crippen molar-refractivity contribution >= 4 is 27.7 Å². The first-order valence-electron chi connectivity index (χ1n) is 9.04. The average Bonchev–Trinajstić information content (AvgIpc) is 2.92. The molecule has 0 radical (unpaired) electrons. The number of primary amides is 1. The highest BCUT2D eigenvalue weighted by molar-refractivity contribution is 7.89. The van der Waals surface area contributed by atoms with Crippen LogP contribution >= 0.6 is 0 Å². The van der Waals surface area contributed by atoms with Gasteiger partial charge in [-0.05, 0) is 44.0 Å². The smallest absolute Gasteiger partial charge is 0.261 e. The average molecular weight is 415 g/mol. The molecule has 8 nitrogen and oxygen atoms in total. The molecule has 1 aliphatic heterocycles. The highest BCUT2D eigenvalue weighted by Gasteiger charge is 2.35. The van der Waals surface area contributed by atoms with E-state index < -0.39 is 33.8 Å². The summed E-state index contributed by atoms with van der Waals surface area (Å²) in [5, 5.41) is 0. The predicted octanol–water partition coefficient (Wildman–Crippen LogP) is 1.20. The second-order valence-corrected chi connectivity index (χ2v) is 8.55. The minimum atomic E-state index is -3.93. The Morgan fingerprint density at radius 1 is 1.03 bits per heavy atom. The van der Waals surface area contributed by atoms with E-state index in [1.54, 1.807) is 36.4 Å². The molecule has 152 valence electrons. The SMILES string of the molecule is Cc1ccc(S(=O)(=O)N[C@H](CCCN2C(=O)c3ccccc3C2=O)C(N)=O)cc1. The number of hydrogen-bond donors (Lipinski definition) is 2. The van der Waals surface area contributed by atoms with Crippen LogP contribution in [0.15, 0.2) is 53.4 Å². The van der Waals surface area contributed by atoms with Gasteiger partial charge in [0.2, 0.25) is 15.9 Å². The molecular formula is C20H21N3O5S. The van der Waals surface area contributed by atoms with Crippen LogP contribution in [0, 0.1) is 6.92 Å². The molecule has 3 N–H and O–H groups in total. The fourth-order valence-corrected chi connectivity index (χ4v) is 4.37. The van der Waals surface area contributed by atoms with Crippen LogP contribution in [-0.2, 0) is 14.8 Å². The zero-order chi connectivity index (χ0) is 21.2. The fourth-order valence-electron chi connectivity index (χ4n) is 3.13. The van der Waals surface area contributed by atoms with Crippen molar-refractivity contribution in [2.75, 3.05) is 6.54 Å². The monoisotopic (exact) mass is 415 g/mol. The second-order valence-electron chi connectivity index (χ2n) is 6.84. The minimum Gasteiger partial charge on any atom is -0.368 e. The van der Waals surface area contributed by atoms with Gasteiger partial charge in [0.15, 0.2) is 0 Å². The lowest BCUT2D eigenvalue weighted by molar-refractivity contribution is -0.119. The first-order valence-corrected chi connectivity index (χ1v) is 10.5. The maximum atomic E-state index is 12.5. The molecule has 0 unspecified atom stereocenters. The number of sulfonamides is 1. The van der Waals surface area contributed by atoms with E-state index in [-0.39, 0.29) is 24.3 Å². The maximum absolute atomic E-state index is 12.5. The number of carbonyl (C=O) groups excluding carboxylic acids is 3. The Hall–Kier alpha value is -3.04. The van der Waals surface area contributed by atoms with Gasteiger partial charge in [0.25, 0.3) is 11.8 Å². The van der Waals surface area contributed by atoms with Crippen LogP contribution in [0.3, 0.4) is 0 Å². The lowest BCUT2D eigenvalue weighted by atomic mass is 10.1. The lowest BCUT2D eigenvalue weighted by Crippen LogP contribution is -2.44. The summed E-state index contributed by atoms with van der Waals surface area (Å²) in [5.74, 6) is -1.63. The van der Waals surface area contributed by atoms with E-state index in [0.29, 0.717) is 11.1 Å². The number of nitrogens with one attached hydrogen (secondary N) is 1. The van der Waals surface area contributed by atoms with Crippen LogP contribution in [0.2, 0.25) is 0 Å². The van der Waals surface area contributed by atoms with Crippen molar-refractivity contribution in [2.24, 2.45) is 5.73 Å². The third kappa shape index (κ3) is 4.36. The van der Waals surface area contributed by atoms with Gasteiger partial charge in [0.05, 0.1) is 16.0 Å². The van der Waals surface area contributed by atoms with E-state index in [0.717, 1.165) is 10.5 Å².